The standard InChI is InChI=1S/C17H27N3/c1-15-6-13-7-16(2,10-15)12-17(8-13,11-15)19-9-14-18-4-5-20(14)3/h4-5,13,19H,6-12H2,1-3H3. The summed E-state index contributed by atoms with van der Waals surface area (Å²) in [6, 6.07) is 0. The Labute approximate surface area is 122 Å². The number of aryl methyl sites for hydroxylation is 1. The number of aromatic nitrogens is 2. The molecular weight excluding hydrogens is 246 g/mol. The van der Waals surface area contributed by atoms with Crippen LogP contribution >= 0.6 is 0 Å². The van der Waals surface area contributed by atoms with Crippen LogP contribution in [0.15, 0.2) is 12.4 Å². The smallest absolute Gasteiger partial charge is 0.122 e. The number of rotatable bonds is 3. The molecule has 0 aliphatic heterocycles. The molecule has 4 aliphatic rings. The molecule has 3 nitrogen and oxygen atoms in total. The minimum absolute atomic E-state index is 0.384. The predicted molar refractivity (Wildman–Crippen MR) is 80.2 cm³/mol. The second kappa shape index (κ2) is 3.88. The molecule has 4 aliphatic carbocycles. The summed E-state index contributed by atoms with van der Waals surface area (Å²) in [5.41, 5.74) is 1.56. The Kier molecular flexibility index (Phi) is 2.50. The average Bonchev–Trinajstić information content (AvgIpc) is 2.67. The van der Waals surface area contributed by atoms with E-state index in [2.05, 4.69) is 35.8 Å². The molecule has 0 spiro atoms. The molecule has 0 saturated heterocycles. The van der Waals surface area contributed by atoms with Crippen molar-refractivity contribution in [1.29, 1.82) is 0 Å². The van der Waals surface area contributed by atoms with Gasteiger partial charge < -0.3 is 9.88 Å². The Morgan fingerprint density at radius 2 is 1.90 bits per heavy atom. The molecule has 2 atom stereocenters. The van der Waals surface area contributed by atoms with Gasteiger partial charge in [-0.25, -0.2) is 4.98 Å². The normalized spacial score (nSPS) is 46.0. The lowest BCUT2D eigenvalue weighted by Crippen LogP contribution is -2.64. The summed E-state index contributed by atoms with van der Waals surface area (Å²) in [5, 5.41) is 3.94. The van der Waals surface area contributed by atoms with E-state index in [4.69, 9.17) is 0 Å². The van der Waals surface area contributed by atoms with Gasteiger partial charge in [0.15, 0.2) is 0 Å². The van der Waals surface area contributed by atoms with Gasteiger partial charge in [0.1, 0.15) is 5.82 Å². The van der Waals surface area contributed by atoms with Crippen LogP contribution in [0.3, 0.4) is 0 Å². The molecule has 4 bridgehead atoms. The Morgan fingerprint density at radius 1 is 1.20 bits per heavy atom. The topological polar surface area (TPSA) is 29.9 Å². The van der Waals surface area contributed by atoms with Crippen LogP contribution in [0.4, 0.5) is 0 Å². The zero-order valence-corrected chi connectivity index (χ0v) is 13.1. The van der Waals surface area contributed by atoms with Crippen LogP contribution < -0.4 is 5.32 Å². The van der Waals surface area contributed by atoms with Crippen molar-refractivity contribution in [2.75, 3.05) is 0 Å². The molecule has 0 radical (unpaired) electrons. The number of nitrogens with one attached hydrogen (secondary N) is 1. The first-order chi connectivity index (χ1) is 9.40. The molecular formula is C17H27N3. The van der Waals surface area contributed by atoms with Gasteiger partial charge in [0, 0.05) is 25.0 Å². The Bertz CT molecular complexity index is 514. The molecule has 1 aromatic heterocycles. The van der Waals surface area contributed by atoms with Gasteiger partial charge in [-0.05, 0) is 55.3 Å². The zero-order valence-electron chi connectivity index (χ0n) is 13.1. The lowest BCUT2D eigenvalue weighted by molar-refractivity contribution is -0.118. The van der Waals surface area contributed by atoms with E-state index in [0.717, 1.165) is 18.3 Å². The summed E-state index contributed by atoms with van der Waals surface area (Å²) in [5.74, 6) is 2.12. The van der Waals surface area contributed by atoms with Gasteiger partial charge in [-0.1, -0.05) is 13.8 Å². The first-order valence-corrected chi connectivity index (χ1v) is 8.11. The average molecular weight is 273 g/mol. The molecule has 0 amide bonds. The number of imidazole rings is 1. The highest BCUT2D eigenvalue weighted by Gasteiger charge is 2.59. The Balaban J connectivity index is 1.56. The maximum absolute atomic E-state index is 4.47. The van der Waals surface area contributed by atoms with E-state index in [1.807, 2.05) is 12.4 Å². The van der Waals surface area contributed by atoms with Gasteiger partial charge >= 0.3 is 0 Å². The van der Waals surface area contributed by atoms with E-state index in [0.29, 0.717) is 16.4 Å². The third-order valence-corrected chi connectivity index (χ3v) is 6.17. The second-order valence-electron chi connectivity index (χ2n) is 8.72. The van der Waals surface area contributed by atoms with E-state index >= 15 is 0 Å². The summed E-state index contributed by atoms with van der Waals surface area (Å²) in [6.07, 6.45) is 12.5. The molecule has 1 heterocycles. The number of hydrogen-bond donors (Lipinski definition) is 1. The highest BCUT2D eigenvalue weighted by molar-refractivity contribution is 5.14. The highest BCUT2D eigenvalue weighted by Crippen LogP contribution is 2.66. The SMILES string of the molecule is Cn1ccnc1CNC12CC3CC(C)(CC(C)(C3)C1)C2. The van der Waals surface area contributed by atoms with Crippen molar-refractivity contribution in [1.82, 2.24) is 14.9 Å². The van der Waals surface area contributed by atoms with Crippen LogP contribution in [0.1, 0.15) is 58.2 Å². The molecule has 110 valence electrons. The maximum atomic E-state index is 4.47. The fraction of sp³-hybridized carbons (Fsp3) is 0.824. The van der Waals surface area contributed by atoms with Crippen molar-refractivity contribution in [2.24, 2.45) is 23.8 Å². The number of nitrogens with zero attached hydrogens (tertiary/aromatic N) is 2. The highest BCUT2D eigenvalue weighted by atomic mass is 15.1. The molecule has 0 aromatic carbocycles. The number of hydrogen-bond acceptors (Lipinski definition) is 2. The molecule has 1 N–H and O–H groups in total. The van der Waals surface area contributed by atoms with Gasteiger partial charge in [-0.3, -0.25) is 0 Å². The third-order valence-electron chi connectivity index (χ3n) is 6.17. The van der Waals surface area contributed by atoms with E-state index in [-0.39, 0.29) is 0 Å². The monoisotopic (exact) mass is 273 g/mol. The van der Waals surface area contributed by atoms with E-state index in [9.17, 15) is 0 Å². The summed E-state index contributed by atoms with van der Waals surface area (Å²) in [4.78, 5) is 4.47. The van der Waals surface area contributed by atoms with Crippen LogP contribution in [0.2, 0.25) is 0 Å². The summed E-state index contributed by atoms with van der Waals surface area (Å²) >= 11 is 0. The molecule has 4 saturated carbocycles. The fourth-order valence-electron chi connectivity index (χ4n) is 6.48. The molecule has 3 heteroatoms. The van der Waals surface area contributed by atoms with Crippen molar-refractivity contribution in [3.8, 4) is 0 Å². The first kappa shape index (κ1) is 12.9. The molecule has 4 fully saturated rings. The lowest BCUT2D eigenvalue weighted by atomic mass is 9.43. The molecule has 2 unspecified atom stereocenters. The van der Waals surface area contributed by atoms with Crippen LogP contribution in [-0.2, 0) is 13.6 Å². The quantitative estimate of drug-likeness (QED) is 0.916. The van der Waals surface area contributed by atoms with Crippen molar-refractivity contribution in [3.05, 3.63) is 18.2 Å². The van der Waals surface area contributed by atoms with Crippen molar-refractivity contribution in [3.63, 3.8) is 0 Å². The zero-order chi connectivity index (χ0) is 14.0. The van der Waals surface area contributed by atoms with E-state index in [1.165, 1.54) is 38.5 Å². The van der Waals surface area contributed by atoms with E-state index < -0.39 is 0 Å². The van der Waals surface area contributed by atoms with Gasteiger partial charge in [0.25, 0.3) is 0 Å². The van der Waals surface area contributed by atoms with Gasteiger partial charge in [-0.2, -0.15) is 0 Å². The Morgan fingerprint density at radius 3 is 2.45 bits per heavy atom. The summed E-state index contributed by atoms with van der Waals surface area (Å²) < 4.78 is 2.14. The van der Waals surface area contributed by atoms with Crippen LogP contribution in [-0.4, -0.2) is 15.1 Å². The van der Waals surface area contributed by atoms with Gasteiger partial charge in [-0.15, -0.1) is 0 Å². The molecule has 20 heavy (non-hydrogen) atoms. The summed E-state index contributed by atoms with van der Waals surface area (Å²) in [7, 11) is 2.09. The van der Waals surface area contributed by atoms with Crippen molar-refractivity contribution >= 4 is 0 Å². The van der Waals surface area contributed by atoms with Crippen LogP contribution in [0, 0.1) is 16.7 Å². The van der Waals surface area contributed by atoms with E-state index in [1.54, 1.807) is 0 Å². The largest absolute Gasteiger partial charge is 0.337 e. The minimum Gasteiger partial charge on any atom is -0.337 e. The lowest BCUT2D eigenvalue weighted by Gasteiger charge is -2.65. The van der Waals surface area contributed by atoms with Crippen molar-refractivity contribution in [2.45, 2.75) is 64.5 Å². The van der Waals surface area contributed by atoms with Crippen molar-refractivity contribution < 1.29 is 0 Å². The Hall–Kier alpha value is -0.830. The third kappa shape index (κ3) is 1.93. The second-order valence-corrected chi connectivity index (χ2v) is 8.72. The minimum atomic E-state index is 0.384. The van der Waals surface area contributed by atoms with Crippen LogP contribution in [0.5, 0.6) is 0 Å². The maximum Gasteiger partial charge on any atom is 0.122 e. The van der Waals surface area contributed by atoms with Gasteiger partial charge in [0.05, 0.1) is 6.54 Å². The predicted octanol–water partition coefficient (Wildman–Crippen LogP) is 3.26. The summed E-state index contributed by atoms with van der Waals surface area (Å²) in [6.45, 7) is 5.99. The first-order valence-electron chi connectivity index (χ1n) is 8.11. The van der Waals surface area contributed by atoms with Crippen LogP contribution in [0.25, 0.3) is 0 Å². The molecule has 1 aromatic rings. The molecule has 5 rings (SSSR count). The fourth-order valence-corrected chi connectivity index (χ4v) is 6.48. The van der Waals surface area contributed by atoms with Gasteiger partial charge in [0.2, 0.25) is 0 Å².